The van der Waals surface area contributed by atoms with E-state index in [2.05, 4.69) is 26.0 Å². The molecule has 2 aromatic carbocycles. The van der Waals surface area contributed by atoms with Gasteiger partial charge in [-0.05, 0) is 48.6 Å². The molecule has 0 aromatic heterocycles. The molecule has 2 aromatic rings. The van der Waals surface area contributed by atoms with Crippen molar-refractivity contribution in [3.63, 3.8) is 0 Å². The molecular formula is C17H19FO. The summed E-state index contributed by atoms with van der Waals surface area (Å²) >= 11 is 0. The maximum atomic E-state index is 13.5. The molecule has 0 fully saturated rings. The lowest BCUT2D eigenvalue weighted by Gasteiger charge is -2.12. The fourth-order valence-corrected chi connectivity index (χ4v) is 2.19. The summed E-state index contributed by atoms with van der Waals surface area (Å²) in [5, 5.41) is 10.1. The summed E-state index contributed by atoms with van der Waals surface area (Å²) in [6, 6.07) is 12.8. The van der Waals surface area contributed by atoms with E-state index in [0.717, 1.165) is 5.56 Å². The average Bonchev–Trinajstić information content (AvgIpc) is 2.37. The van der Waals surface area contributed by atoms with Crippen LogP contribution in [-0.2, 0) is 12.8 Å². The quantitative estimate of drug-likeness (QED) is 0.888. The Morgan fingerprint density at radius 2 is 1.74 bits per heavy atom. The minimum atomic E-state index is -0.556. The summed E-state index contributed by atoms with van der Waals surface area (Å²) in [7, 11) is 0. The highest BCUT2D eigenvalue weighted by Crippen LogP contribution is 2.15. The predicted molar refractivity (Wildman–Crippen MR) is 75.7 cm³/mol. The second-order valence-electron chi connectivity index (χ2n) is 5.07. The van der Waals surface area contributed by atoms with E-state index in [1.165, 1.54) is 17.2 Å². The first kappa shape index (κ1) is 13.8. The summed E-state index contributed by atoms with van der Waals surface area (Å²) in [4.78, 5) is 0. The molecule has 100 valence electrons. The molecule has 2 heteroatoms. The van der Waals surface area contributed by atoms with Crippen LogP contribution >= 0.6 is 0 Å². The summed E-state index contributed by atoms with van der Waals surface area (Å²) in [5.41, 5.74) is 4.12. The second-order valence-corrected chi connectivity index (χ2v) is 5.07. The Kier molecular flexibility index (Phi) is 4.33. The van der Waals surface area contributed by atoms with Crippen molar-refractivity contribution in [1.82, 2.24) is 0 Å². The van der Waals surface area contributed by atoms with Crippen molar-refractivity contribution in [1.29, 1.82) is 0 Å². The SMILES string of the molecule is Cc1ccc(CC(O)Cc2ccccc2F)cc1C. The van der Waals surface area contributed by atoms with Gasteiger partial charge in [0.1, 0.15) is 5.82 Å². The van der Waals surface area contributed by atoms with Crippen molar-refractivity contribution in [2.45, 2.75) is 32.8 Å². The van der Waals surface area contributed by atoms with Crippen LogP contribution in [0.4, 0.5) is 4.39 Å². The van der Waals surface area contributed by atoms with E-state index < -0.39 is 6.10 Å². The molecular weight excluding hydrogens is 239 g/mol. The minimum absolute atomic E-state index is 0.248. The number of aliphatic hydroxyl groups is 1. The standard InChI is InChI=1S/C17H19FO/c1-12-7-8-14(9-13(12)2)10-16(19)11-15-5-3-4-6-17(15)18/h3-9,16,19H,10-11H2,1-2H3. The van der Waals surface area contributed by atoms with E-state index in [1.807, 2.05) is 6.07 Å². The van der Waals surface area contributed by atoms with Gasteiger partial charge in [-0.2, -0.15) is 0 Å². The molecule has 0 aliphatic rings. The smallest absolute Gasteiger partial charge is 0.126 e. The lowest BCUT2D eigenvalue weighted by atomic mass is 9.98. The Morgan fingerprint density at radius 3 is 2.42 bits per heavy atom. The zero-order valence-electron chi connectivity index (χ0n) is 11.4. The third-order valence-corrected chi connectivity index (χ3v) is 3.46. The molecule has 0 saturated carbocycles. The third kappa shape index (κ3) is 3.65. The molecule has 1 atom stereocenters. The highest BCUT2D eigenvalue weighted by Gasteiger charge is 2.10. The fraction of sp³-hybridized carbons (Fsp3) is 0.294. The van der Waals surface area contributed by atoms with Crippen LogP contribution in [0, 0.1) is 19.7 Å². The molecule has 1 unspecified atom stereocenters. The van der Waals surface area contributed by atoms with Gasteiger partial charge in [0, 0.05) is 6.42 Å². The Bertz CT molecular complexity index is 563. The Morgan fingerprint density at radius 1 is 1.00 bits per heavy atom. The lowest BCUT2D eigenvalue weighted by molar-refractivity contribution is 0.174. The van der Waals surface area contributed by atoms with Gasteiger partial charge >= 0.3 is 0 Å². The molecule has 19 heavy (non-hydrogen) atoms. The van der Waals surface area contributed by atoms with Crippen molar-refractivity contribution in [2.24, 2.45) is 0 Å². The van der Waals surface area contributed by atoms with Gasteiger partial charge in [0.05, 0.1) is 6.10 Å². The van der Waals surface area contributed by atoms with E-state index in [-0.39, 0.29) is 5.82 Å². The molecule has 0 saturated heterocycles. The van der Waals surface area contributed by atoms with Crippen LogP contribution < -0.4 is 0 Å². The zero-order chi connectivity index (χ0) is 13.8. The first-order valence-electron chi connectivity index (χ1n) is 6.54. The van der Waals surface area contributed by atoms with Gasteiger partial charge in [-0.3, -0.25) is 0 Å². The molecule has 0 aliphatic carbocycles. The molecule has 0 radical (unpaired) electrons. The number of hydrogen-bond donors (Lipinski definition) is 1. The Balaban J connectivity index is 2.03. The van der Waals surface area contributed by atoms with E-state index in [4.69, 9.17) is 0 Å². The zero-order valence-corrected chi connectivity index (χ0v) is 11.4. The molecule has 0 amide bonds. The van der Waals surface area contributed by atoms with Crippen molar-refractivity contribution in [2.75, 3.05) is 0 Å². The summed E-state index contributed by atoms with van der Waals surface area (Å²) in [6.45, 7) is 4.12. The van der Waals surface area contributed by atoms with Gasteiger partial charge in [0.25, 0.3) is 0 Å². The van der Waals surface area contributed by atoms with Crippen molar-refractivity contribution in [3.05, 3.63) is 70.5 Å². The molecule has 1 N–H and O–H groups in total. The van der Waals surface area contributed by atoms with Crippen LogP contribution in [0.15, 0.2) is 42.5 Å². The van der Waals surface area contributed by atoms with Crippen molar-refractivity contribution in [3.8, 4) is 0 Å². The molecule has 1 nitrogen and oxygen atoms in total. The van der Waals surface area contributed by atoms with Crippen molar-refractivity contribution >= 4 is 0 Å². The number of benzene rings is 2. The Hall–Kier alpha value is -1.67. The third-order valence-electron chi connectivity index (χ3n) is 3.46. The predicted octanol–water partition coefficient (Wildman–Crippen LogP) is 3.59. The van der Waals surface area contributed by atoms with Gasteiger partial charge in [-0.1, -0.05) is 36.4 Å². The topological polar surface area (TPSA) is 20.2 Å². The van der Waals surface area contributed by atoms with E-state index in [1.54, 1.807) is 18.2 Å². The molecule has 0 aliphatic heterocycles. The van der Waals surface area contributed by atoms with E-state index in [0.29, 0.717) is 18.4 Å². The van der Waals surface area contributed by atoms with Crippen molar-refractivity contribution < 1.29 is 9.50 Å². The minimum Gasteiger partial charge on any atom is -0.392 e. The fourth-order valence-electron chi connectivity index (χ4n) is 2.19. The summed E-state index contributed by atoms with van der Waals surface area (Å²) in [6.07, 6.45) is 0.341. The van der Waals surface area contributed by atoms with Gasteiger partial charge in [-0.15, -0.1) is 0 Å². The lowest BCUT2D eigenvalue weighted by Crippen LogP contribution is -2.15. The highest BCUT2D eigenvalue weighted by atomic mass is 19.1. The van der Waals surface area contributed by atoms with Crippen LogP contribution in [-0.4, -0.2) is 11.2 Å². The monoisotopic (exact) mass is 258 g/mol. The van der Waals surface area contributed by atoms with Gasteiger partial charge in [0.2, 0.25) is 0 Å². The number of hydrogen-bond acceptors (Lipinski definition) is 1. The average molecular weight is 258 g/mol. The first-order valence-corrected chi connectivity index (χ1v) is 6.54. The van der Waals surface area contributed by atoms with E-state index in [9.17, 15) is 9.50 Å². The van der Waals surface area contributed by atoms with Crippen LogP contribution in [0.5, 0.6) is 0 Å². The van der Waals surface area contributed by atoms with Crippen LogP contribution in [0.3, 0.4) is 0 Å². The van der Waals surface area contributed by atoms with Gasteiger partial charge in [-0.25, -0.2) is 4.39 Å². The maximum absolute atomic E-state index is 13.5. The molecule has 0 spiro atoms. The van der Waals surface area contributed by atoms with Crippen LogP contribution in [0.25, 0.3) is 0 Å². The largest absolute Gasteiger partial charge is 0.392 e. The number of aryl methyl sites for hydroxylation is 2. The summed E-state index contributed by atoms with van der Waals surface area (Å²) < 4.78 is 13.5. The first-order chi connectivity index (χ1) is 9.06. The summed E-state index contributed by atoms with van der Waals surface area (Å²) in [5.74, 6) is -0.248. The number of halogens is 1. The highest BCUT2D eigenvalue weighted by molar-refractivity contribution is 5.30. The Labute approximate surface area is 113 Å². The van der Waals surface area contributed by atoms with E-state index >= 15 is 0 Å². The molecule has 2 rings (SSSR count). The van der Waals surface area contributed by atoms with Crippen LogP contribution in [0.1, 0.15) is 22.3 Å². The van der Waals surface area contributed by atoms with Gasteiger partial charge < -0.3 is 5.11 Å². The number of rotatable bonds is 4. The maximum Gasteiger partial charge on any atom is 0.126 e. The molecule has 0 bridgehead atoms. The van der Waals surface area contributed by atoms with Crippen LogP contribution in [0.2, 0.25) is 0 Å². The van der Waals surface area contributed by atoms with Gasteiger partial charge in [0.15, 0.2) is 0 Å². The second kappa shape index (κ2) is 5.98. The number of aliphatic hydroxyl groups excluding tert-OH is 1. The normalized spacial score (nSPS) is 12.4. The molecule has 0 heterocycles.